The van der Waals surface area contributed by atoms with Gasteiger partial charge in [-0.1, -0.05) is 0 Å². The number of aliphatic hydroxyl groups is 1. The van der Waals surface area contributed by atoms with Crippen LogP contribution in [0.5, 0.6) is 11.5 Å². The number of allylic oxidation sites excluding steroid dienone is 1. The van der Waals surface area contributed by atoms with Crippen molar-refractivity contribution in [3.05, 3.63) is 29.7 Å². The highest BCUT2D eigenvalue weighted by Crippen LogP contribution is 2.35. The number of alkyl halides is 1. The van der Waals surface area contributed by atoms with E-state index >= 15 is 0 Å². The zero-order valence-corrected chi connectivity index (χ0v) is 11.3. The molecule has 0 saturated heterocycles. The Morgan fingerprint density at radius 3 is 2.90 bits per heavy atom. The molecule has 0 saturated carbocycles. The Morgan fingerprint density at radius 2 is 2.20 bits per heavy atom. The summed E-state index contributed by atoms with van der Waals surface area (Å²) in [6.07, 6.45) is 0. The largest absolute Gasteiger partial charge is 0.508 e. The molecule has 7 nitrogen and oxygen atoms in total. The predicted octanol–water partition coefficient (Wildman–Crippen LogP) is 2.68. The summed E-state index contributed by atoms with van der Waals surface area (Å²) in [6, 6.07) is 4.89. The number of azo groups is 1. The molecule has 8 heteroatoms. The molecule has 1 heterocycles. The number of hydrogen-bond acceptors (Lipinski definition) is 7. The molecule has 106 valence electrons. The van der Waals surface area contributed by atoms with Gasteiger partial charge in [-0.05, 0) is 12.1 Å². The molecular weight excluding hydrogens is 288 g/mol. The van der Waals surface area contributed by atoms with Crippen LogP contribution < -0.4 is 9.47 Å². The number of rotatable bonds is 4. The van der Waals surface area contributed by atoms with Crippen LogP contribution >= 0.6 is 11.6 Å². The molecule has 0 radical (unpaired) electrons. The summed E-state index contributed by atoms with van der Waals surface area (Å²) in [7, 11) is 1.17. The van der Waals surface area contributed by atoms with Gasteiger partial charge in [0.2, 0.25) is 12.5 Å². The van der Waals surface area contributed by atoms with Crippen molar-refractivity contribution >= 4 is 23.3 Å². The molecule has 1 aliphatic heterocycles. The van der Waals surface area contributed by atoms with Crippen LogP contribution in [0.4, 0.5) is 5.69 Å². The van der Waals surface area contributed by atoms with Gasteiger partial charge in [0.1, 0.15) is 5.76 Å². The highest BCUT2D eigenvalue weighted by atomic mass is 35.5. The third-order valence-electron chi connectivity index (χ3n) is 2.40. The van der Waals surface area contributed by atoms with Gasteiger partial charge in [0.05, 0.1) is 18.7 Å². The SMILES string of the molecule is COC(=O)C(N=Nc1ccc2c(c1)OCO2)=C(O)CCl. The van der Waals surface area contributed by atoms with E-state index in [4.69, 9.17) is 21.1 Å². The van der Waals surface area contributed by atoms with E-state index in [9.17, 15) is 9.90 Å². The Kier molecular flexibility index (Phi) is 4.41. The third kappa shape index (κ3) is 3.00. The lowest BCUT2D eigenvalue weighted by molar-refractivity contribution is -0.136. The highest BCUT2D eigenvalue weighted by Gasteiger charge is 2.16. The number of nitrogens with zero attached hydrogens (tertiary/aromatic N) is 2. The van der Waals surface area contributed by atoms with Crippen molar-refractivity contribution < 1.29 is 24.1 Å². The standard InChI is InChI=1S/C12H11ClN2O5/c1-18-12(17)11(8(16)5-13)15-14-7-2-3-9-10(4-7)20-6-19-9/h2-4,16H,5-6H2,1H3. The van der Waals surface area contributed by atoms with Gasteiger partial charge < -0.3 is 19.3 Å². The van der Waals surface area contributed by atoms with Gasteiger partial charge in [-0.15, -0.1) is 16.7 Å². The summed E-state index contributed by atoms with van der Waals surface area (Å²) >= 11 is 5.45. The lowest BCUT2D eigenvalue weighted by Crippen LogP contribution is -2.06. The molecular formula is C12H11ClN2O5. The number of halogens is 1. The van der Waals surface area contributed by atoms with E-state index in [1.54, 1.807) is 18.2 Å². The Balaban J connectivity index is 2.24. The van der Waals surface area contributed by atoms with Gasteiger partial charge in [-0.3, -0.25) is 0 Å². The summed E-state index contributed by atoms with van der Waals surface area (Å²) in [5.41, 5.74) is 0.0817. The fourth-order valence-electron chi connectivity index (χ4n) is 1.43. The number of carbonyl (C=O) groups is 1. The molecule has 1 aliphatic rings. The fraction of sp³-hybridized carbons (Fsp3) is 0.250. The van der Waals surface area contributed by atoms with E-state index in [-0.39, 0.29) is 18.4 Å². The Morgan fingerprint density at radius 1 is 1.45 bits per heavy atom. The number of benzene rings is 1. The van der Waals surface area contributed by atoms with Crippen molar-refractivity contribution in [3.8, 4) is 11.5 Å². The summed E-state index contributed by atoms with van der Waals surface area (Å²) < 4.78 is 14.8. The van der Waals surface area contributed by atoms with E-state index in [0.29, 0.717) is 17.2 Å². The molecule has 0 aliphatic carbocycles. The fourth-order valence-corrected chi connectivity index (χ4v) is 1.56. The van der Waals surface area contributed by atoms with Gasteiger partial charge in [0.15, 0.2) is 11.5 Å². The quantitative estimate of drug-likeness (QED) is 0.303. The molecule has 0 aromatic heterocycles. The summed E-state index contributed by atoms with van der Waals surface area (Å²) in [5, 5.41) is 17.0. The van der Waals surface area contributed by atoms with E-state index in [0.717, 1.165) is 0 Å². The van der Waals surface area contributed by atoms with E-state index in [1.165, 1.54) is 7.11 Å². The first-order chi connectivity index (χ1) is 9.65. The molecule has 0 spiro atoms. The van der Waals surface area contributed by atoms with Crippen molar-refractivity contribution in [1.82, 2.24) is 0 Å². The van der Waals surface area contributed by atoms with Crippen LogP contribution in [-0.4, -0.2) is 30.9 Å². The molecule has 0 amide bonds. The molecule has 20 heavy (non-hydrogen) atoms. The Bertz CT molecular complexity index is 585. The van der Waals surface area contributed by atoms with Gasteiger partial charge in [-0.25, -0.2) is 4.79 Å². The number of carbonyl (C=O) groups excluding carboxylic acids is 1. The second kappa shape index (κ2) is 6.25. The molecule has 0 bridgehead atoms. The smallest absolute Gasteiger partial charge is 0.362 e. The molecule has 2 rings (SSSR count). The van der Waals surface area contributed by atoms with Crippen molar-refractivity contribution in [2.45, 2.75) is 0 Å². The zero-order valence-electron chi connectivity index (χ0n) is 10.5. The van der Waals surface area contributed by atoms with Crippen molar-refractivity contribution in [2.75, 3.05) is 19.8 Å². The van der Waals surface area contributed by atoms with E-state index < -0.39 is 11.7 Å². The number of esters is 1. The number of hydrogen-bond donors (Lipinski definition) is 1. The lowest BCUT2D eigenvalue weighted by atomic mass is 10.3. The van der Waals surface area contributed by atoms with Gasteiger partial charge in [0.25, 0.3) is 0 Å². The minimum Gasteiger partial charge on any atom is -0.508 e. The maximum atomic E-state index is 11.4. The third-order valence-corrected chi connectivity index (χ3v) is 2.65. The van der Waals surface area contributed by atoms with Crippen LogP contribution in [0.25, 0.3) is 0 Å². The predicted molar refractivity (Wildman–Crippen MR) is 69.5 cm³/mol. The van der Waals surface area contributed by atoms with Crippen LogP contribution in [0.3, 0.4) is 0 Å². The summed E-state index contributed by atoms with van der Waals surface area (Å²) in [6.45, 7) is 0.149. The minimum absolute atomic E-state index is 0.149. The second-order valence-corrected chi connectivity index (χ2v) is 3.93. The van der Waals surface area contributed by atoms with Gasteiger partial charge >= 0.3 is 5.97 Å². The number of ether oxygens (including phenoxy) is 3. The number of aliphatic hydroxyl groups excluding tert-OH is 1. The van der Waals surface area contributed by atoms with Crippen LogP contribution in [0.1, 0.15) is 0 Å². The zero-order chi connectivity index (χ0) is 14.5. The molecule has 1 N–H and O–H groups in total. The normalized spacial score (nSPS) is 14.3. The molecule has 1 aromatic rings. The van der Waals surface area contributed by atoms with Gasteiger partial charge in [0, 0.05) is 6.07 Å². The average Bonchev–Trinajstić information content (AvgIpc) is 2.94. The molecule has 1 aromatic carbocycles. The maximum absolute atomic E-state index is 11.4. The second-order valence-electron chi connectivity index (χ2n) is 3.66. The summed E-state index contributed by atoms with van der Waals surface area (Å²) in [4.78, 5) is 11.4. The monoisotopic (exact) mass is 298 g/mol. The van der Waals surface area contributed by atoms with Crippen LogP contribution in [-0.2, 0) is 9.53 Å². The van der Waals surface area contributed by atoms with Crippen LogP contribution in [0.15, 0.2) is 39.9 Å². The maximum Gasteiger partial charge on any atom is 0.362 e. The van der Waals surface area contributed by atoms with Crippen molar-refractivity contribution in [2.24, 2.45) is 10.2 Å². The van der Waals surface area contributed by atoms with Crippen LogP contribution in [0.2, 0.25) is 0 Å². The lowest BCUT2D eigenvalue weighted by Gasteiger charge is -2.01. The first-order valence-corrected chi connectivity index (χ1v) is 6.07. The minimum atomic E-state index is -0.826. The first kappa shape index (κ1) is 14.1. The van der Waals surface area contributed by atoms with Crippen LogP contribution in [0, 0.1) is 0 Å². The topological polar surface area (TPSA) is 89.7 Å². The van der Waals surface area contributed by atoms with E-state index in [1.807, 2.05) is 0 Å². The number of fused-ring (bicyclic) bond motifs is 1. The summed E-state index contributed by atoms with van der Waals surface area (Å²) in [5.74, 6) is -0.372. The highest BCUT2D eigenvalue weighted by molar-refractivity contribution is 6.19. The van der Waals surface area contributed by atoms with E-state index in [2.05, 4.69) is 15.0 Å². The molecule has 0 fully saturated rings. The average molecular weight is 299 g/mol. The Labute approximate surface area is 119 Å². The Hall–Kier alpha value is -2.28. The van der Waals surface area contributed by atoms with Crippen molar-refractivity contribution in [3.63, 3.8) is 0 Å². The molecule has 0 atom stereocenters. The number of methoxy groups -OCH3 is 1. The first-order valence-electron chi connectivity index (χ1n) is 5.53. The molecule has 0 unspecified atom stereocenters. The van der Waals surface area contributed by atoms with Gasteiger partial charge in [-0.2, -0.15) is 5.11 Å². The van der Waals surface area contributed by atoms with Crippen molar-refractivity contribution in [1.29, 1.82) is 0 Å².